The third-order valence-corrected chi connectivity index (χ3v) is 3.87. The van der Waals surface area contributed by atoms with Crippen molar-refractivity contribution in [3.05, 3.63) is 46.4 Å². The number of carbonyl (C=O) groups excluding carboxylic acids is 1. The molecule has 3 rings (SSSR count). The second-order valence-corrected chi connectivity index (χ2v) is 5.29. The fourth-order valence-electron chi connectivity index (χ4n) is 2.11. The minimum absolute atomic E-state index is 0.0126. The first-order valence-corrected chi connectivity index (χ1v) is 6.87. The van der Waals surface area contributed by atoms with Crippen molar-refractivity contribution in [2.75, 3.05) is 18.1 Å². The van der Waals surface area contributed by atoms with Crippen LogP contribution in [0.15, 0.2) is 35.7 Å². The zero-order valence-electron chi connectivity index (χ0n) is 10.1. The van der Waals surface area contributed by atoms with Gasteiger partial charge in [-0.3, -0.25) is 4.79 Å². The first-order valence-electron chi connectivity index (χ1n) is 5.99. The Balaban J connectivity index is 1.85. The van der Waals surface area contributed by atoms with Gasteiger partial charge >= 0.3 is 0 Å². The van der Waals surface area contributed by atoms with Gasteiger partial charge in [0.2, 0.25) is 5.91 Å². The smallest absolute Gasteiger partial charge is 0.232 e. The molecule has 1 aliphatic heterocycles. The fraction of sp³-hybridized carbons (Fsp3) is 0.214. The molecule has 1 aromatic carbocycles. The minimum Gasteiger partial charge on any atom is -0.489 e. The van der Waals surface area contributed by atoms with E-state index in [2.05, 4.69) is 0 Å². The normalized spacial score (nSPS) is 13.8. The lowest BCUT2D eigenvalue weighted by Gasteiger charge is -2.29. The highest BCUT2D eigenvalue weighted by molar-refractivity contribution is 7.10. The highest BCUT2D eigenvalue weighted by atomic mass is 32.1. The van der Waals surface area contributed by atoms with E-state index in [9.17, 15) is 9.18 Å². The van der Waals surface area contributed by atoms with Crippen molar-refractivity contribution in [3.63, 3.8) is 0 Å². The van der Waals surface area contributed by atoms with Crippen LogP contribution in [0.1, 0.15) is 4.88 Å². The molecule has 0 aliphatic carbocycles. The molecule has 0 atom stereocenters. The first kappa shape index (κ1) is 12.2. The van der Waals surface area contributed by atoms with E-state index in [1.807, 2.05) is 17.5 Å². The largest absolute Gasteiger partial charge is 0.489 e. The third kappa shape index (κ3) is 2.46. The van der Waals surface area contributed by atoms with Crippen molar-refractivity contribution in [3.8, 4) is 5.75 Å². The predicted molar refractivity (Wildman–Crippen MR) is 72.3 cm³/mol. The van der Waals surface area contributed by atoms with E-state index < -0.39 is 0 Å². The number of rotatable bonds is 2. The molecule has 2 heterocycles. The standard InChI is InChI=1S/C14H12FNO2S/c15-10-3-4-12-13(8-10)18-6-5-16(12)14(17)9-11-2-1-7-19-11/h1-4,7-8H,5-6,9H2. The summed E-state index contributed by atoms with van der Waals surface area (Å²) in [6.07, 6.45) is 0.370. The zero-order chi connectivity index (χ0) is 13.2. The van der Waals surface area contributed by atoms with Gasteiger partial charge in [0.25, 0.3) is 0 Å². The third-order valence-electron chi connectivity index (χ3n) is 2.99. The number of ether oxygens (including phenoxy) is 1. The van der Waals surface area contributed by atoms with Crippen LogP contribution in [-0.4, -0.2) is 19.1 Å². The van der Waals surface area contributed by atoms with Crippen LogP contribution >= 0.6 is 11.3 Å². The summed E-state index contributed by atoms with van der Waals surface area (Å²) >= 11 is 1.56. The Kier molecular flexibility index (Phi) is 3.21. The van der Waals surface area contributed by atoms with E-state index in [-0.39, 0.29) is 11.7 Å². The van der Waals surface area contributed by atoms with Gasteiger partial charge in [-0.05, 0) is 23.6 Å². The Morgan fingerprint density at radius 3 is 3.11 bits per heavy atom. The van der Waals surface area contributed by atoms with E-state index >= 15 is 0 Å². The van der Waals surface area contributed by atoms with Crippen LogP contribution in [0, 0.1) is 5.82 Å². The SMILES string of the molecule is O=C(Cc1cccs1)N1CCOc2cc(F)ccc21. The number of hydrogen-bond acceptors (Lipinski definition) is 3. The Labute approximate surface area is 114 Å². The maximum absolute atomic E-state index is 13.1. The van der Waals surface area contributed by atoms with Crippen LogP contribution < -0.4 is 9.64 Å². The van der Waals surface area contributed by atoms with Crippen molar-refractivity contribution in [1.29, 1.82) is 0 Å². The van der Waals surface area contributed by atoms with Gasteiger partial charge < -0.3 is 9.64 Å². The van der Waals surface area contributed by atoms with Crippen molar-refractivity contribution in [1.82, 2.24) is 0 Å². The molecule has 1 amide bonds. The maximum atomic E-state index is 13.1. The number of thiophene rings is 1. The Hall–Kier alpha value is -1.88. The zero-order valence-corrected chi connectivity index (χ0v) is 11.0. The molecular formula is C14H12FNO2S. The van der Waals surface area contributed by atoms with E-state index in [1.54, 1.807) is 22.3 Å². The molecule has 5 heteroatoms. The molecule has 0 unspecified atom stereocenters. The van der Waals surface area contributed by atoms with Crippen molar-refractivity contribution in [2.45, 2.75) is 6.42 Å². The second-order valence-electron chi connectivity index (χ2n) is 4.26. The minimum atomic E-state index is -0.355. The lowest BCUT2D eigenvalue weighted by Crippen LogP contribution is -2.38. The summed E-state index contributed by atoms with van der Waals surface area (Å²) in [4.78, 5) is 15.0. The topological polar surface area (TPSA) is 29.5 Å². The van der Waals surface area contributed by atoms with E-state index in [0.29, 0.717) is 31.0 Å². The van der Waals surface area contributed by atoms with Gasteiger partial charge in [0.1, 0.15) is 18.2 Å². The number of nitrogens with zero attached hydrogens (tertiary/aromatic N) is 1. The summed E-state index contributed by atoms with van der Waals surface area (Å²) in [6.45, 7) is 0.898. The van der Waals surface area contributed by atoms with Crippen LogP contribution in [0.3, 0.4) is 0 Å². The molecule has 0 fully saturated rings. The molecule has 3 nitrogen and oxygen atoms in total. The van der Waals surface area contributed by atoms with Gasteiger partial charge in [-0.25, -0.2) is 4.39 Å². The molecule has 0 saturated carbocycles. The fourth-order valence-corrected chi connectivity index (χ4v) is 2.81. The van der Waals surface area contributed by atoms with E-state index in [0.717, 1.165) is 4.88 Å². The van der Waals surface area contributed by atoms with Crippen LogP contribution in [-0.2, 0) is 11.2 Å². The van der Waals surface area contributed by atoms with Gasteiger partial charge in [-0.15, -0.1) is 11.3 Å². The second kappa shape index (κ2) is 5.01. The van der Waals surface area contributed by atoms with Crippen LogP contribution in [0.4, 0.5) is 10.1 Å². The van der Waals surface area contributed by atoms with Crippen LogP contribution in [0.2, 0.25) is 0 Å². The monoisotopic (exact) mass is 277 g/mol. The Morgan fingerprint density at radius 2 is 2.32 bits per heavy atom. The Morgan fingerprint density at radius 1 is 1.42 bits per heavy atom. The highest BCUT2D eigenvalue weighted by Gasteiger charge is 2.24. The number of amides is 1. The summed E-state index contributed by atoms with van der Waals surface area (Å²) < 4.78 is 18.5. The maximum Gasteiger partial charge on any atom is 0.232 e. The average molecular weight is 277 g/mol. The van der Waals surface area contributed by atoms with Gasteiger partial charge in [0.05, 0.1) is 18.7 Å². The molecule has 0 spiro atoms. The lowest BCUT2D eigenvalue weighted by molar-refractivity contribution is -0.118. The molecular weight excluding hydrogens is 265 g/mol. The molecule has 0 saturated heterocycles. The van der Waals surface area contributed by atoms with E-state index in [4.69, 9.17) is 4.74 Å². The average Bonchev–Trinajstić information content (AvgIpc) is 2.90. The number of fused-ring (bicyclic) bond motifs is 1. The molecule has 2 aromatic rings. The number of halogens is 1. The van der Waals surface area contributed by atoms with Crippen LogP contribution in [0.5, 0.6) is 5.75 Å². The van der Waals surface area contributed by atoms with Crippen molar-refractivity contribution >= 4 is 22.9 Å². The van der Waals surface area contributed by atoms with Gasteiger partial charge in [0, 0.05) is 10.9 Å². The molecule has 0 radical (unpaired) electrons. The summed E-state index contributed by atoms with van der Waals surface area (Å²) in [6, 6.07) is 8.12. The van der Waals surface area contributed by atoms with Gasteiger partial charge in [-0.1, -0.05) is 6.07 Å². The lowest BCUT2D eigenvalue weighted by atomic mass is 10.2. The molecule has 0 N–H and O–H groups in total. The first-order chi connectivity index (χ1) is 9.24. The number of carbonyl (C=O) groups is 1. The summed E-state index contributed by atoms with van der Waals surface area (Å²) in [5, 5.41) is 1.95. The van der Waals surface area contributed by atoms with Crippen LogP contribution in [0.25, 0.3) is 0 Å². The Bertz CT molecular complexity index is 597. The number of hydrogen-bond donors (Lipinski definition) is 0. The number of anilines is 1. The summed E-state index contributed by atoms with van der Waals surface area (Å²) in [5.41, 5.74) is 0.647. The molecule has 98 valence electrons. The van der Waals surface area contributed by atoms with E-state index in [1.165, 1.54) is 12.1 Å². The number of benzene rings is 1. The highest BCUT2D eigenvalue weighted by Crippen LogP contribution is 2.32. The molecule has 19 heavy (non-hydrogen) atoms. The molecule has 1 aliphatic rings. The van der Waals surface area contributed by atoms with Gasteiger partial charge in [-0.2, -0.15) is 0 Å². The van der Waals surface area contributed by atoms with Crippen molar-refractivity contribution < 1.29 is 13.9 Å². The summed E-state index contributed by atoms with van der Waals surface area (Å²) in [5.74, 6) is 0.0932. The quantitative estimate of drug-likeness (QED) is 0.844. The van der Waals surface area contributed by atoms with Crippen molar-refractivity contribution in [2.24, 2.45) is 0 Å². The molecule has 0 bridgehead atoms. The molecule has 1 aromatic heterocycles. The van der Waals surface area contributed by atoms with Gasteiger partial charge in [0.15, 0.2) is 0 Å². The summed E-state index contributed by atoms with van der Waals surface area (Å²) in [7, 11) is 0. The predicted octanol–water partition coefficient (Wildman–Crippen LogP) is 2.86.